The summed E-state index contributed by atoms with van der Waals surface area (Å²) in [7, 11) is -3.74. The van der Waals surface area contributed by atoms with Crippen LogP contribution in [0.3, 0.4) is 0 Å². The number of halogens is 2. The zero-order valence-electron chi connectivity index (χ0n) is 14.8. The van der Waals surface area contributed by atoms with Crippen LogP contribution < -0.4 is 0 Å². The number of H-pyrrole nitrogens is 1. The van der Waals surface area contributed by atoms with Gasteiger partial charge in [-0.25, -0.2) is 22.2 Å². The maximum absolute atomic E-state index is 13.9. The normalized spacial score (nSPS) is 17.9. The highest BCUT2D eigenvalue weighted by molar-refractivity contribution is 7.88. The van der Waals surface area contributed by atoms with Crippen molar-refractivity contribution in [3.63, 3.8) is 0 Å². The van der Waals surface area contributed by atoms with E-state index < -0.39 is 27.6 Å². The Kier molecular flexibility index (Phi) is 4.94. The molecule has 9 heteroatoms. The molecule has 1 aliphatic heterocycles. The monoisotopic (exact) mass is 404 g/mol. The van der Waals surface area contributed by atoms with Crippen molar-refractivity contribution >= 4 is 10.0 Å². The number of hydrogen-bond donors (Lipinski definition) is 1. The topological polar surface area (TPSA) is 79.0 Å². The number of hydrogen-bond acceptors (Lipinski definition) is 4. The van der Waals surface area contributed by atoms with Gasteiger partial charge in [0.05, 0.1) is 11.8 Å². The summed E-state index contributed by atoms with van der Waals surface area (Å²) in [6, 6.07) is 11.1. The van der Waals surface area contributed by atoms with Crippen molar-refractivity contribution in [2.45, 2.75) is 24.6 Å². The van der Waals surface area contributed by atoms with Crippen molar-refractivity contribution in [3.05, 3.63) is 71.6 Å². The lowest BCUT2D eigenvalue weighted by molar-refractivity contribution is 0.383. The Morgan fingerprint density at radius 2 is 1.86 bits per heavy atom. The van der Waals surface area contributed by atoms with Crippen LogP contribution in [0.1, 0.15) is 30.3 Å². The van der Waals surface area contributed by atoms with Gasteiger partial charge in [-0.3, -0.25) is 5.10 Å². The summed E-state index contributed by atoms with van der Waals surface area (Å²) in [6.45, 7) is 0.341. The zero-order valence-corrected chi connectivity index (χ0v) is 15.7. The van der Waals surface area contributed by atoms with E-state index in [1.54, 1.807) is 18.2 Å². The highest BCUT2D eigenvalue weighted by atomic mass is 32.2. The van der Waals surface area contributed by atoms with E-state index in [1.807, 2.05) is 0 Å². The first kappa shape index (κ1) is 18.7. The van der Waals surface area contributed by atoms with Gasteiger partial charge in [-0.15, -0.1) is 0 Å². The van der Waals surface area contributed by atoms with Crippen molar-refractivity contribution in [1.29, 1.82) is 0 Å². The number of sulfonamides is 1. The standard InChI is InChI=1S/C19H18F2N4O2S/c20-15-9-7-13(8-10-15)18-22-19(24-23-18)17-6-3-11-25(17)28(26,27)12-14-4-1-2-5-16(14)21/h1-2,4-5,7-10,17H,3,6,11-12H2,(H,22,23,24)/t17-/m0/s1. The lowest BCUT2D eigenvalue weighted by Gasteiger charge is -2.22. The molecule has 0 radical (unpaired) electrons. The molecule has 28 heavy (non-hydrogen) atoms. The smallest absolute Gasteiger partial charge is 0.219 e. The molecule has 1 aliphatic rings. The third kappa shape index (κ3) is 3.67. The van der Waals surface area contributed by atoms with Crippen LogP contribution in [-0.4, -0.2) is 34.4 Å². The SMILES string of the molecule is O=S(=O)(Cc1ccccc1F)N1CCC[C@H]1c1nc(-c2ccc(F)cc2)n[nH]1. The van der Waals surface area contributed by atoms with Gasteiger partial charge in [-0.1, -0.05) is 18.2 Å². The average Bonchev–Trinajstić information content (AvgIpc) is 3.33. The van der Waals surface area contributed by atoms with Gasteiger partial charge in [0, 0.05) is 17.7 Å². The molecule has 1 atom stereocenters. The van der Waals surface area contributed by atoms with Crippen LogP contribution in [0.4, 0.5) is 8.78 Å². The number of benzene rings is 2. The Balaban J connectivity index is 1.58. The van der Waals surface area contributed by atoms with Gasteiger partial charge in [-0.05, 0) is 43.2 Å². The second-order valence-electron chi connectivity index (χ2n) is 6.67. The fourth-order valence-corrected chi connectivity index (χ4v) is 5.19. The maximum atomic E-state index is 13.9. The summed E-state index contributed by atoms with van der Waals surface area (Å²) in [5, 5.41) is 6.94. The van der Waals surface area contributed by atoms with Gasteiger partial charge in [0.25, 0.3) is 0 Å². The molecule has 0 spiro atoms. The fourth-order valence-electron chi connectivity index (χ4n) is 3.39. The minimum atomic E-state index is -3.74. The highest BCUT2D eigenvalue weighted by Gasteiger charge is 2.37. The van der Waals surface area contributed by atoms with Crippen molar-refractivity contribution in [3.8, 4) is 11.4 Å². The lowest BCUT2D eigenvalue weighted by atomic mass is 10.2. The van der Waals surface area contributed by atoms with E-state index in [-0.39, 0.29) is 11.4 Å². The Bertz CT molecular complexity index is 1080. The first-order chi connectivity index (χ1) is 13.4. The molecule has 3 aromatic rings. The number of aromatic nitrogens is 3. The van der Waals surface area contributed by atoms with E-state index in [4.69, 9.17) is 0 Å². The van der Waals surface area contributed by atoms with Gasteiger partial charge < -0.3 is 0 Å². The van der Waals surface area contributed by atoms with Crippen LogP contribution in [0.5, 0.6) is 0 Å². The molecule has 0 amide bonds. The van der Waals surface area contributed by atoms with Crippen molar-refractivity contribution in [2.75, 3.05) is 6.54 Å². The third-order valence-corrected chi connectivity index (χ3v) is 6.60. The molecule has 0 bridgehead atoms. The minimum absolute atomic E-state index is 0.137. The molecule has 1 aromatic heterocycles. The summed E-state index contributed by atoms with van der Waals surface area (Å²) in [6.07, 6.45) is 1.27. The van der Waals surface area contributed by atoms with Crippen LogP contribution in [-0.2, 0) is 15.8 Å². The predicted molar refractivity (Wildman–Crippen MR) is 99.5 cm³/mol. The van der Waals surface area contributed by atoms with E-state index in [0.717, 1.165) is 0 Å². The zero-order chi connectivity index (χ0) is 19.7. The maximum Gasteiger partial charge on any atom is 0.219 e. The largest absolute Gasteiger partial charge is 0.261 e. The Hall–Kier alpha value is -2.65. The summed E-state index contributed by atoms with van der Waals surface area (Å²) in [4.78, 5) is 4.41. The van der Waals surface area contributed by atoms with Gasteiger partial charge in [0.2, 0.25) is 10.0 Å². The molecule has 6 nitrogen and oxygen atoms in total. The Labute approximate surface area is 161 Å². The molecule has 1 N–H and O–H groups in total. The molecule has 1 fully saturated rings. The highest BCUT2D eigenvalue weighted by Crippen LogP contribution is 2.34. The number of rotatable bonds is 5. The van der Waals surface area contributed by atoms with Gasteiger partial charge in [0.15, 0.2) is 5.82 Å². The van der Waals surface area contributed by atoms with Crippen molar-refractivity contribution in [2.24, 2.45) is 0 Å². The van der Waals surface area contributed by atoms with Crippen molar-refractivity contribution < 1.29 is 17.2 Å². The molecule has 2 aromatic carbocycles. The van der Waals surface area contributed by atoms with E-state index in [0.29, 0.717) is 36.6 Å². The van der Waals surface area contributed by atoms with Crippen LogP contribution in [0, 0.1) is 11.6 Å². The van der Waals surface area contributed by atoms with Crippen LogP contribution in [0.15, 0.2) is 48.5 Å². The molecular formula is C19H18F2N4O2S. The van der Waals surface area contributed by atoms with Crippen molar-refractivity contribution in [1.82, 2.24) is 19.5 Å². The van der Waals surface area contributed by atoms with E-state index in [2.05, 4.69) is 15.2 Å². The molecule has 2 heterocycles. The fraction of sp³-hybridized carbons (Fsp3) is 0.263. The number of nitrogens with zero attached hydrogens (tertiary/aromatic N) is 3. The van der Waals surface area contributed by atoms with E-state index in [9.17, 15) is 17.2 Å². The predicted octanol–water partition coefficient (Wildman–Crippen LogP) is 3.42. The van der Waals surface area contributed by atoms with Gasteiger partial charge >= 0.3 is 0 Å². The summed E-state index contributed by atoms with van der Waals surface area (Å²) in [5.41, 5.74) is 0.764. The second-order valence-corrected chi connectivity index (χ2v) is 8.59. The first-order valence-corrected chi connectivity index (χ1v) is 10.5. The Morgan fingerprint density at radius 3 is 2.61 bits per heavy atom. The molecule has 0 unspecified atom stereocenters. The molecule has 0 saturated carbocycles. The molecule has 146 valence electrons. The third-order valence-electron chi connectivity index (χ3n) is 4.78. The summed E-state index contributed by atoms with van der Waals surface area (Å²) >= 11 is 0. The van der Waals surface area contributed by atoms with Crippen LogP contribution >= 0.6 is 0 Å². The van der Waals surface area contributed by atoms with Crippen LogP contribution in [0.2, 0.25) is 0 Å². The molecule has 1 saturated heterocycles. The lowest BCUT2D eigenvalue weighted by Crippen LogP contribution is -2.32. The van der Waals surface area contributed by atoms with E-state index in [1.165, 1.54) is 34.6 Å². The number of aromatic amines is 1. The van der Waals surface area contributed by atoms with Crippen LogP contribution in [0.25, 0.3) is 11.4 Å². The molecular weight excluding hydrogens is 386 g/mol. The molecule has 4 rings (SSSR count). The van der Waals surface area contributed by atoms with E-state index >= 15 is 0 Å². The van der Waals surface area contributed by atoms with Gasteiger partial charge in [-0.2, -0.15) is 9.40 Å². The minimum Gasteiger partial charge on any atom is -0.261 e. The molecule has 0 aliphatic carbocycles. The average molecular weight is 404 g/mol. The Morgan fingerprint density at radius 1 is 1.11 bits per heavy atom. The number of nitrogens with one attached hydrogen (secondary N) is 1. The summed E-state index contributed by atoms with van der Waals surface area (Å²) in [5.74, 6) is -0.516. The van der Waals surface area contributed by atoms with Gasteiger partial charge in [0.1, 0.15) is 17.5 Å². The second kappa shape index (κ2) is 7.40. The first-order valence-electron chi connectivity index (χ1n) is 8.85. The quantitative estimate of drug-likeness (QED) is 0.707. The summed E-state index contributed by atoms with van der Waals surface area (Å²) < 4.78 is 54.2.